The van der Waals surface area contributed by atoms with Crippen molar-refractivity contribution in [3.63, 3.8) is 0 Å². The first-order valence-electron chi connectivity index (χ1n) is 18.2. The summed E-state index contributed by atoms with van der Waals surface area (Å²) in [5, 5.41) is 4.98. The third-order valence-corrected chi connectivity index (χ3v) is 11.5. The monoisotopic (exact) mass is 675 g/mol. The summed E-state index contributed by atoms with van der Waals surface area (Å²) in [5.41, 5.74) is 21.0. The van der Waals surface area contributed by atoms with Gasteiger partial charge in [-0.25, -0.2) is 0 Å². The van der Waals surface area contributed by atoms with E-state index < -0.39 is 5.41 Å². The van der Waals surface area contributed by atoms with Crippen molar-refractivity contribution < 1.29 is 4.74 Å². The van der Waals surface area contributed by atoms with Crippen LogP contribution in [0.25, 0.3) is 66.1 Å². The van der Waals surface area contributed by atoms with Gasteiger partial charge in [-0.15, -0.1) is 0 Å². The Morgan fingerprint density at radius 3 is 1.47 bits per heavy atom. The minimum atomic E-state index is -0.570. The fourth-order valence-corrected chi connectivity index (χ4v) is 9.37. The fraction of sp³-hybridized carbons (Fsp3) is 0.0196. The van der Waals surface area contributed by atoms with Crippen molar-refractivity contribution in [1.29, 1.82) is 0 Å². The number of hydrogen-bond acceptors (Lipinski definition) is 2. The van der Waals surface area contributed by atoms with Crippen LogP contribution in [0.4, 0.5) is 5.69 Å². The van der Waals surface area contributed by atoms with Gasteiger partial charge in [-0.05, 0) is 108 Å². The molecule has 0 radical (unpaired) electrons. The highest BCUT2D eigenvalue weighted by Gasteiger charge is 2.51. The van der Waals surface area contributed by atoms with Crippen LogP contribution in [-0.2, 0) is 5.41 Å². The van der Waals surface area contributed by atoms with E-state index in [9.17, 15) is 0 Å². The zero-order chi connectivity index (χ0) is 35.1. The molecule has 248 valence electrons. The molecule has 2 nitrogen and oxygen atoms in total. The molecule has 0 aromatic heterocycles. The second kappa shape index (κ2) is 11.3. The minimum absolute atomic E-state index is 0.570. The summed E-state index contributed by atoms with van der Waals surface area (Å²) in [6, 6.07) is 68.0. The molecule has 2 aliphatic rings. The smallest absolute Gasteiger partial charge is 0.132 e. The molecule has 0 bridgehead atoms. The summed E-state index contributed by atoms with van der Waals surface area (Å²) in [4.78, 5) is 0. The lowest BCUT2D eigenvalue weighted by Gasteiger charge is -2.39. The molecule has 53 heavy (non-hydrogen) atoms. The molecule has 0 amide bonds. The molecule has 9 aromatic rings. The zero-order valence-electron chi connectivity index (χ0n) is 28.9. The van der Waals surface area contributed by atoms with E-state index in [-0.39, 0.29) is 0 Å². The van der Waals surface area contributed by atoms with E-state index in [2.05, 4.69) is 176 Å². The molecule has 0 atom stereocenters. The number of anilines is 1. The lowest BCUT2D eigenvalue weighted by molar-refractivity contribution is 0.436. The van der Waals surface area contributed by atoms with Crippen molar-refractivity contribution in [3.8, 4) is 56.0 Å². The van der Waals surface area contributed by atoms with Crippen LogP contribution in [0.5, 0.6) is 11.5 Å². The van der Waals surface area contributed by atoms with Crippen LogP contribution < -0.4 is 10.5 Å². The van der Waals surface area contributed by atoms with Crippen molar-refractivity contribution in [3.05, 3.63) is 210 Å². The van der Waals surface area contributed by atoms with Crippen LogP contribution in [0.2, 0.25) is 0 Å². The van der Waals surface area contributed by atoms with Gasteiger partial charge in [-0.2, -0.15) is 0 Å². The maximum absolute atomic E-state index is 6.65. The van der Waals surface area contributed by atoms with Gasteiger partial charge >= 0.3 is 0 Å². The predicted molar refractivity (Wildman–Crippen MR) is 220 cm³/mol. The number of benzene rings is 9. The van der Waals surface area contributed by atoms with Crippen LogP contribution in [0, 0.1) is 0 Å². The Balaban J connectivity index is 1.27. The lowest BCUT2D eigenvalue weighted by Crippen LogP contribution is -2.32. The summed E-state index contributed by atoms with van der Waals surface area (Å²) in [6.45, 7) is 0. The highest BCUT2D eigenvalue weighted by Crippen LogP contribution is 2.64. The summed E-state index contributed by atoms with van der Waals surface area (Å²) in [6.07, 6.45) is 0. The maximum atomic E-state index is 6.65. The van der Waals surface area contributed by atoms with Crippen molar-refractivity contribution in [1.82, 2.24) is 0 Å². The number of ether oxygens (including phenoxy) is 1. The Bertz CT molecular complexity index is 2820. The van der Waals surface area contributed by atoms with E-state index in [0.29, 0.717) is 0 Å². The van der Waals surface area contributed by atoms with Gasteiger partial charge in [0.2, 0.25) is 0 Å². The Morgan fingerprint density at radius 2 is 0.849 bits per heavy atom. The van der Waals surface area contributed by atoms with Crippen molar-refractivity contribution in [2.45, 2.75) is 5.41 Å². The second-order valence-electron chi connectivity index (χ2n) is 14.2. The molecule has 1 aliphatic carbocycles. The molecule has 2 heteroatoms. The van der Waals surface area contributed by atoms with Crippen molar-refractivity contribution in [2.75, 3.05) is 5.73 Å². The molecular formula is C51H33NO. The molecule has 0 saturated heterocycles. The quantitative estimate of drug-likeness (QED) is 0.149. The van der Waals surface area contributed by atoms with Crippen LogP contribution in [0.3, 0.4) is 0 Å². The van der Waals surface area contributed by atoms with E-state index >= 15 is 0 Å². The topological polar surface area (TPSA) is 35.2 Å². The van der Waals surface area contributed by atoms with Crippen LogP contribution in [-0.4, -0.2) is 0 Å². The third kappa shape index (κ3) is 4.15. The van der Waals surface area contributed by atoms with E-state index in [4.69, 9.17) is 10.5 Å². The number of para-hydroxylation sites is 2. The Kier molecular flexibility index (Phi) is 6.35. The predicted octanol–water partition coefficient (Wildman–Crippen LogP) is 13.0. The fourth-order valence-electron chi connectivity index (χ4n) is 9.37. The zero-order valence-corrected chi connectivity index (χ0v) is 28.9. The summed E-state index contributed by atoms with van der Waals surface area (Å²) in [7, 11) is 0. The Morgan fingerprint density at radius 1 is 0.340 bits per heavy atom. The van der Waals surface area contributed by atoms with E-state index in [1.54, 1.807) is 0 Å². The van der Waals surface area contributed by atoms with Gasteiger partial charge in [0.1, 0.15) is 11.5 Å². The summed E-state index contributed by atoms with van der Waals surface area (Å²) < 4.78 is 6.65. The molecule has 9 aromatic carbocycles. The molecule has 1 heterocycles. The number of hydrogen-bond donors (Lipinski definition) is 1. The highest BCUT2D eigenvalue weighted by molar-refractivity contribution is 6.21. The first-order chi connectivity index (χ1) is 26.2. The van der Waals surface area contributed by atoms with Crippen LogP contribution in [0.15, 0.2) is 188 Å². The SMILES string of the molecule is Nc1ccc(-c2cccc3c2-c2cc(-c4c5ccccc5c(-c5ccccc5)c5ccccc45)ccc2C32c3ccccc3Oc3ccccc32)cc1. The van der Waals surface area contributed by atoms with Gasteiger partial charge in [0.15, 0.2) is 0 Å². The summed E-state index contributed by atoms with van der Waals surface area (Å²) in [5.74, 6) is 1.78. The Labute approximate surface area is 308 Å². The molecule has 2 N–H and O–H groups in total. The normalized spacial score (nSPS) is 13.3. The Hall–Kier alpha value is -6.90. The molecule has 1 aliphatic heterocycles. The standard InChI is InChI=1S/C51H33NO/c52-35-28-25-32(26-29-35)36-19-12-22-45-50(36)41-31-34(27-30-42(41)51(45)43-20-8-10-23-46(43)53-47-24-11-9-21-44(47)51)49-39-17-6-4-15-37(39)48(33-13-2-1-3-14-33)38-16-5-7-18-40(38)49/h1-31H,52H2. The highest BCUT2D eigenvalue weighted by atomic mass is 16.5. The number of nitrogen functional groups attached to an aromatic ring is 1. The molecule has 0 saturated carbocycles. The first-order valence-corrected chi connectivity index (χ1v) is 18.2. The molecule has 0 fully saturated rings. The minimum Gasteiger partial charge on any atom is -0.457 e. The van der Waals surface area contributed by atoms with E-state index in [0.717, 1.165) is 33.9 Å². The van der Waals surface area contributed by atoms with Crippen LogP contribution >= 0.6 is 0 Å². The van der Waals surface area contributed by atoms with Gasteiger partial charge in [-0.1, -0.05) is 158 Å². The molecule has 0 unspecified atom stereocenters. The average Bonchev–Trinajstić information content (AvgIpc) is 3.50. The molecule has 11 rings (SSSR count). The number of fused-ring (bicyclic) bond motifs is 11. The summed E-state index contributed by atoms with van der Waals surface area (Å²) >= 11 is 0. The van der Waals surface area contributed by atoms with Crippen LogP contribution in [0.1, 0.15) is 22.3 Å². The van der Waals surface area contributed by atoms with E-state index in [1.807, 2.05) is 12.1 Å². The lowest BCUT2D eigenvalue weighted by atomic mass is 9.66. The first kappa shape index (κ1) is 29.8. The van der Waals surface area contributed by atoms with E-state index in [1.165, 1.54) is 71.6 Å². The third-order valence-electron chi connectivity index (χ3n) is 11.5. The molecular weight excluding hydrogens is 643 g/mol. The molecule has 1 spiro atoms. The van der Waals surface area contributed by atoms with Crippen molar-refractivity contribution >= 4 is 27.2 Å². The van der Waals surface area contributed by atoms with Gasteiger partial charge < -0.3 is 10.5 Å². The largest absolute Gasteiger partial charge is 0.457 e. The average molecular weight is 676 g/mol. The number of rotatable bonds is 3. The van der Waals surface area contributed by atoms with Gasteiger partial charge in [0.25, 0.3) is 0 Å². The van der Waals surface area contributed by atoms with Gasteiger partial charge in [0.05, 0.1) is 5.41 Å². The second-order valence-corrected chi connectivity index (χ2v) is 14.2. The van der Waals surface area contributed by atoms with Gasteiger partial charge in [0, 0.05) is 16.8 Å². The maximum Gasteiger partial charge on any atom is 0.132 e. The number of nitrogens with two attached hydrogens (primary N) is 1. The van der Waals surface area contributed by atoms with Gasteiger partial charge in [-0.3, -0.25) is 0 Å². The van der Waals surface area contributed by atoms with Crippen molar-refractivity contribution in [2.24, 2.45) is 0 Å².